The molecule has 0 radical (unpaired) electrons. The van der Waals surface area contributed by atoms with Crippen LogP contribution in [-0.2, 0) is 4.79 Å². The summed E-state index contributed by atoms with van der Waals surface area (Å²) in [7, 11) is 0. The minimum absolute atomic E-state index is 0.0277. The molecule has 1 aliphatic heterocycles. The van der Waals surface area contributed by atoms with Crippen molar-refractivity contribution in [2.75, 3.05) is 23.4 Å². The fourth-order valence-electron chi connectivity index (χ4n) is 2.07. The molecule has 1 heterocycles. The lowest BCUT2D eigenvalue weighted by Gasteiger charge is -2.34. The van der Waals surface area contributed by atoms with Gasteiger partial charge in [0.05, 0.1) is 18.2 Å². The first-order chi connectivity index (χ1) is 9.97. The van der Waals surface area contributed by atoms with Gasteiger partial charge in [-0.25, -0.2) is 4.79 Å². The molecule has 0 aromatic heterocycles. The molecule has 1 atom stereocenters. The van der Waals surface area contributed by atoms with Crippen LogP contribution in [0.25, 0.3) is 0 Å². The Balaban J connectivity index is 2.10. The van der Waals surface area contributed by atoms with E-state index in [1.54, 1.807) is 22.7 Å². The van der Waals surface area contributed by atoms with Gasteiger partial charge in [-0.05, 0) is 34.1 Å². The van der Waals surface area contributed by atoms with Crippen molar-refractivity contribution in [1.29, 1.82) is 0 Å². The second-order valence-corrected chi connectivity index (χ2v) is 7.49. The van der Waals surface area contributed by atoms with E-state index in [1.807, 2.05) is 12.1 Å². The van der Waals surface area contributed by atoms with E-state index in [0.29, 0.717) is 18.0 Å². The Hall–Kier alpha value is -0.730. The van der Waals surface area contributed by atoms with E-state index in [0.717, 1.165) is 14.7 Å². The molecule has 0 bridgehead atoms. The van der Waals surface area contributed by atoms with Crippen molar-refractivity contribution in [2.45, 2.75) is 12.5 Å². The number of carbonyl (C=O) groups excluding carboxylic acids is 1. The first kappa shape index (κ1) is 16.6. The lowest BCUT2D eigenvalue weighted by Crippen LogP contribution is -2.48. The molecule has 0 spiro atoms. The Bertz CT molecular complexity index is 556. The fraction of sp³-hybridized carbons (Fsp3) is 0.385. The summed E-state index contributed by atoms with van der Waals surface area (Å²) in [5.74, 6) is 0.590. The quantitative estimate of drug-likeness (QED) is 0.757. The Kier molecular flexibility index (Phi) is 5.95. The van der Waals surface area contributed by atoms with E-state index in [9.17, 15) is 9.59 Å². The van der Waals surface area contributed by atoms with Crippen molar-refractivity contribution in [3.05, 3.63) is 27.1 Å². The second-order valence-electron chi connectivity index (χ2n) is 4.57. The fourth-order valence-corrected chi connectivity index (χ4v) is 3.84. The maximum absolute atomic E-state index is 12.4. The van der Waals surface area contributed by atoms with Crippen molar-refractivity contribution in [3.8, 4) is 0 Å². The summed E-state index contributed by atoms with van der Waals surface area (Å²) in [6.07, 6.45) is -0.0277. The molecule has 1 unspecified atom stereocenters. The van der Waals surface area contributed by atoms with Gasteiger partial charge in [0.25, 0.3) is 0 Å². The zero-order valence-electron chi connectivity index (χ0n) is 11.0. The molecule has 1 fully saturated rings. The normalized spacial score (nSPS) is 18.4. The zero-order valence-corrected chi connectivity index (χ0v) is 15.0. The van der Waals surface area contributed by atoms with Crippen LogP contribution in [0.3, 0.4) is 0 Å². The molecule has 2 N–H and O–H groups in total. The number of halogens is 2. The lowest BCUT2D eigenvalue weighted by molar-refractivity contribution is -0.137. The number of thioether (sulfide) groups is 1. The van der Waals surface area contributed by atoms with Crippen molar-refractivity contribution in [1.82, 2.24) is 4.90 Å². The average molecular weight is 438 g/mol. The molecule has 0 saturated carbocycles. The third kappa shape index (κ3) is 4.62. The molecule has 0 aliphatic carbocycles. The van der Waals surface area contributed by atoms with Gasteiger partial charge in [-0.15, -0.1) is 0 Å². The maximum atomic E-state index is 12.4. The molecular weight excluding hydrogens is 424 g/mol. The monoisotopic (exact) mass is 436 g/mol. The zero-order chi connectivity index (χ0) is 15.4. The highest BCUT2D eigenvalue weighted by molar-refractivity contribution is 9.11. The Labute approximate surface area is 143 Å². The van der Waals surface area contributed by atoms with Gasteiger partial charge in [0, 0.05) is 27.0 Å². The van der Waals surface area contributed by atoms with Crippen LogP contribution in [0, 0.1) is 0 Å². The molecule has 1 saturated heterocycles. The predicted octanol–water partition coefficient (Wildman–Crippen LogP) is 3.64. The van der Waals surface area contributed by atoms with Crippen LogP contribution in [0.1, 0.15) is 6.42 Å². The highest BCUT2D eigenvalue weighted by Gasteiger charge is 2.29. The largest absolute Gasteiger partial charge is 0.481 e. The molecular formula is C13H14Br2N2O3S. The number of aliphatic carboxylic acids is 1. The number of hydrogen-bond acceptors (Lipinski definition) is 3. The summed E-state index contributed by atoms with van der Waals surface area (Å²) in [4.78, 5) is 24.9. The molecule has 114 valence electrons. The van der Waals surface area contributed by atoms with E-state index < -0.39 is 5.97 Å². The summed E-state index contributed by atoms with van der Waals surface area (Å²) in [6.45, 7) is 0.556. The number of carboxylic acids is 1. The highest BCUT2D eigenvalue weighted by Crippen LogP contribution is 2.27. The number of amides is 2. The van der Waals surface area contributed by atoms with Gasteiger partial charge in [0.1, 0.15) is 0 Å². The molecule has 8 heteroatoms. The SMILES string of the molecule is O=C(O)CC1CSCCN1C(=O)Nc1cc(Br)ccc1Br. The Morgan fingerprint density at radius 2 is 2.19 bits per heavy atom. The Morgan fingerprint density at radius 3 is 2.90 bits per heavy atom. The number of hydrogen-bond donors (Lipinski definition) is 2. The van der Waals surface area contributed by atoms with Crippen LogP contribution in [-0.4, -0.2) is 46.1 Å². The van der Waals surface area contributed by atoms with E-state index in [1.165, 1.54) is 0 Å². The lowest BCUT2D eigenvalue weighted by atomic mass is 10.2. The van der Waals surface area contributed by atoms with Gasteiger partial charge >= 0.3 is 12.0 Å². The smallest absolute Gasteiger partial charge is 0.322 e. The van der Waals surface area contributed by atoms with E-state index in [2.05, 4.69) is 37.2 Å². The van der Waals surface area contributed by atoms with Crippen molar-refractivity contribution >= 4 is 61.3 Å². The molecule has 2 amide bonds. The van der Waals surface area contributed by atoms with E-state index in [4.69, 9.17) is 5.11 Å². The van der Waals surface area contributed by atoms with E-state index >= 15 is 0 Å². The number of rotatable bonds is 3. The maximum Gasteiger partial charge on any atom is 0.322 e. The minimum atomic E-state index is -0.885. The third-order valence-corrected chi connectivity index (χ3v) is 5.35. The van der Waals surface area contributed by atoms with Gasteiger partial charge in [0.2, 0.25) is 0 Å². The van der Waals surface area contributed by atoms with Crippen LogP contribution in [0.15, 0.2) is 27.1 Å². The topological polar surface area (TPSA) is 69.6 Å². The molecule has 5 nitrogen and oxygen atoms in total. The van der Waals surface area contributed by atoms with Gasteiger partial charge in [0.15, 0.2) is 0 Å². The van der Waals surface area contributed by atoms with Gasteiger partial charge in [-0.2, -0.15) is 11.8 Å². The summed E-state index contributed by atoms with van der Waals surface area (Å²) >= 11 is 8.42. The predicted molar refractivity (Wildman–Crippen MR) is 90.9 cm³/mol. The first-order valence-electron chi connectivity index (χ1n) is 6.29. The van der Waals surface area contributed by atoms with Crippen LogP contribution in [0.5, 0.6) is 0 Å². The number of urea groups is 1. The summed E-state index contributed by atoms with van der Waals surface area (Å²) < 4.78 is 1.64. The summed E-state index contributed by atoms with van der Waals surface area (Å²) in [5, 5.41) is 11.8. The van der Waals surface area contributed by atoms with Crippen molar-refractivity contribution in [3.63, 3.8) is 0 Å². The molecule has 1 aromatic rings. The van der Waals surface area contributed by atoms with Crippen LogP contribution in [0.4, 0.5) is 10.5 Å². The standard InChI is InChI=1S/C13H14Br2N2O3S/c14-8-1-2-10(15)11(5-8)16-13(20)17-3-4-21-7-9(17)6-12(18)19/h1-2,5,9H,3-4,6-7H2,(H,16,20)(H,18,19). The van der Waals surface area contributed by atoms with Crippen LogP contribution in [0.2, 0.25) is 0 Å². The first-order valence-corrected chi connectivity index (χ1v) is 9.03. The molecule has 1 aromatic carbocycles. The van der Waals surface area contributed by atoms with Gasteiger partial charge in [-0.1, -0.05) is 15.9 Å². The summed E-state index contributed by atoms with van der Waals surface area (Å²) in [6, 6.07) is 4.96. The minimum Gasteiger partial charge on any atom is -0.481 e. The highest BCUT2D eigenvalue weighted by atomic mass is 79.9. The number of nitrogens with zero attached hydrogens (tertiary/aromatic N) is 1. The summed E-state index contributed by atoms with van der Waals surface area (Å²) in [5.41, 5.74) is 0.654. The number of anilines is 1. The number of nitrogens with one attached hydrogen (secondary N) is 1. The van der Waals surface area contributed by atoms with E-state index in [-0.39, 0.29) is 18.5 Å². The second kappa shape index (κ2) is 7.51. The number of carbonyl (C=O) groups is 2. The number of carboxylic acid groups (broad SMARTS) is 1. The molecule has 21 heavy (non-hydrogen) atoms. The van der Waals surface area contributed by atoms with Gasteiger partial charge in [-0.3, -0.25) is 4.79 Å². The van der Waals surface area contributed by atoms with Crippen molar-refractivity contribution < 1.29 is 14.7 Å². The average Bonchev–Trinajstić information content (AvgIpc) is 2.42. The van der Waals surface area contributed by atoms with Gasteiger partial charge < -0.3 is 15.3 Å². The third-order valence-electron chi connectivity index (χ3n) is 3.07. The molecule has 1 aliphatic rings. The molecule has 2 rings (SSSR count). The number of benzene rings is 1. The van der Waals surface area contributed by atoms with Crippen molar-refractivity contribution in [2.24, 2.45) is 0 Å². The Morgan fingerprint density at radius 1 is 1.43 bits per heavy atom. The van der Waals surface area contributed by atoms with Crippen LogP contribution < -0.4 is 5.32 Å². The van der Waals surface area contributed by atoms with Crippen LogP contribution >= 0.6 is 43.6 Å².